The molecule has 1 aliphatic rings. The minimum atomic E-state index is 0.167. The van der Waals surface area contributed by atoms with Crippen molar-refractivity contribution in [3.8, 4) is 0 Å². The third kappa shape index (κ3) is 3.14. The maximum absolute atomic E-state index is 10.6. The minimum absolute atomic E-state index is 0.167. The number of rotatable bonds is 4. The maximum atomic E-state index is 10.6. The van der Waals surface area contributed by atoms with Crippen LogP contribution in [0.4, 0.5) is 0 Å². The summed E-state index contributed by atoms with van der Waals surface area (Å²) >= 11 is 0. The molecule has 0 aromatic heterocycles. The molecule has 0 spiro atoms. The largest absolute Gasteiger partial charge is 0.236 e. The van der Waals surface area contributed by atoms with E-state index in [0.29, 0.717) is 5.92 Å². The van der Waals surface area contributed by atoms with E-state index in [2.05, 4.69) is 6.92 Å². The molecule has 0 atom stereocenters. The molecule has 0 aromatic rings. The predicted molar refractivity (Wildman–Crippen MR) is 50.5 cm³/mol. The second kappa shape index (κ2) is 5.58. The molecule has 0 unspecified atom stereocenters. The summed E-state index contributed by atoms with van der Waals surface area (Å²) in [6.45, 7) is 2.42. The molecule has 0 aromatic carbocycles. The highest BCUT2D eigenvalue weighted by molar-refractivity contribution is 4.71. The van der Waals surface area contributed by atoms with E-state index in [9.17, 15) is 5.11 Å². The summed E-state index contributed by atoms with van der Waals surface area (Å²) in [6, 6.07) is 0. The van der Waals surface area contributed by atoms with Crippen LogP contribution in [0.5, 0.6) is 0 Å². The summed E-state index contributed by atoms with van der Waals surface area (Å²) in [6.07, 6.45) is 9.17. The molecule has 1 fully saturated rings. The van der Waals surface area contributed by atoms with Gasteiger partial charge in [0.05, 0.1) is 6.61 Å². The molecule has 0 amide bonds. The van der Waals surface area contributed by atoms with Crippen molar-refractivity contribution in [1.29, 1.82) is 0 Å². The van der Waals surface area contributed by atoms with Gasteiger partial charge in [-0.1, -0.05) is 39.0 Å². The van der Waals surface area contributed by atoms with Gasteiger partial charge in [-0.25, -0.2) is 5.11 Å². The van der Waals surface area contributed by atoms with Gasteiger partial charge < -0.3 is 0 Å². The molecule has 0 bridgehead atoms. The summed E-state index contributed by atoms with van der Waals surface area (Å²) < 4.78 is 0. The van der Waals surface area contributed by atoms with Crippen LogP contribution in [-0.2, 0) is 5.11 Å². The van der Waals surface area contributed by atoms with Gasteiger partial charge in [0.2, 0.25) is 0 Å². The van der Waals surface area contributed by atoms with Gasteiger partial charge in [-0.3, -0.25) is 0 Å². The summed E-state index contributed by atoms with van der Waals surface area (Å²) in [7, 11) is 0. The van der Waals surface area contributed by atoms with Gasteiger partial charge in [0.25, 0.3) is 0 Å². The topological polar surface area (TPSA) is 19.9 Å². The van der Waals surface area contributed by atoms with E-state index in [1.54, 1.807) is 0 Å². The standard InChI is InChI=1S/C11H21O/c1-2-3-4-10-5-7-11(9-12)8-6-10/h10-11H,2-9H2,1H3/t10-,11-. The maximum Gasteiger partial charge on any atom is 0.0850 e. The molecule has 0 heterocycles. The molecule has 71 valence electrons. The Bertz CT molecular complexity index is 104. The zero-order valence-corrected chi connectivity index (χ0v) is 8.22. The summed E-state index contributed by atoms with van der Waals surface area (Å²) in [5.74, 6) is 1.47. The second-order valence-corrected chi connectivity index (χ2v) is 4.20. The number of hydrogen-bond acceptors (Lipinski definition) is 0. The Kier molecular flexibility index (Phi) is 4.67. The molecule has 12 heavy (non-hydrogen) atoms. The highest BCUT2D eigenvalue weighted by Gasteiger charge is 2.19. The lowest BCUT2D eigenvalue weighted by Gasteiger charge is -2.26. The van der Waals surface area contributed by atoms with Crippen LogP contribution in [0.15, 0.2) is 0 Å². The summed E-state index contributed by atoms with van der Waals surface area (Å²) in [5, 5.41) is 10.6. The first-order chi connectivity index (χ1) is 5.86. The van der Waals surface area contributed by atoms with Crippen LogP contribution in [0, 0.1) is 11.8 Å². The van der Waals surface area contributed by atoms with Crippen LogP contribution < -0.4 is 0 Å². The SMILES string of the molecule is CCCC[C@H]1CC[C@H](C[O])CC1. The fourth-order valence-electron chi connectivity index (χ4n) is 2.18. The van der Waals surface area contributed by atoms with Gasteiger partial charge in [-0.05, 0) is 24.7 Å². The minimum Gasteiger partial charge on any atom is -0.236 e. The molecule has 1 aliphatic carbocycles. The van der Waals surface area contributed by atoms with Crippen molar-refractivity contribution in [2.75, 3.05) is 6.61 Å². The first kappa shape index (κ1) is 10.0. The fraction of sp³-hybridized carbons (Fsp3) is 1.00. The van der Waals surface area contributed by atoms with E-state index in [0.717, 1.165) is 5.92 Å². The van der Waals surface area contributed by atoms with Gasteiger partial charge >= 0.3 is 0 Å². The van der Waals surface area contributed by atoms with Crippen molar-refractivity contribution >= 4 is 0 Å². The van der Waals surface area contributed by atoms with Crippen LogP contribution in [-0.4, -0.2) is 6.61 Å². The van der Waals surface area contributed by atoms with Crippen LogP contribution in [0.25, 0.3) is 0 Å². The Morgan fingerprint density at radius 2 is 1.67 bits per heavy atom. The van der Waals surface area contributed by atoms with E-state index in [4.69, 9.17) is 0 Å². The third-order valence-electron chi connectivity index (χ3n) is 3.17. The van der Waals surface area contributed by atoms with E-state index in [-0.39, 0.29) is 6.61 Å². The van der Waals surface area contributed by atoms with Crippen LogP contribution >= 0.6 is 0 Å². The van der Waals surface area contributed by atoms with Crippen molar-refractivity contribution in [3.05, 3.63) is 0 Å². The molecular weight excluding hydrogens is 148 g/mol. The van der Waals surface area contributed by atoms with Crippen molar-refractivity contribution < 1.29 is 5.11 Å². The molecule has 1 saturated carbocycles. The second-order valence-electron chi connectivity index (χ2n) is 4.20. The zero-order chi connectivity index (χ0) is 8.81. The fourth-order valence-corrected chi connectivity index (χ4v) is 2.18. The first-order valence-corrected chi connectivity index (χ1v) is 5.45. The van der Waals surface area contributed by atoms with Gasteiger partial charge in [0, 0.05) is 0 Å². The average Bonchev–Trinajstić information content (AvgIpc) is 2.15. The van der Waals surface area contributed by atoms with E-state index in [1.807, 2.05) is 0 Å². The van der Waals surface area contributed by atoms with Crippen molar-refractivity contribution in [3.63, 3.8) is 0 Å². The smallest absolute Gasteiger partial charge is 0.0850 e. The average molecular weight is 169 g/mol. The Morgan fingerprint density at radius 1 is 1.08 bits per heavy atom. The molecule has 1 rings (SSSR count). The predicted octanol–water partition coefficient (Wildman–Crippen LogP) is 3.41. The Hall–Kier alpha value is -0.0400. The lowest BCUT2D eigenvalue weighted by Crippen LogP contribution is -2.16. The quantitative estimate of drug-likeness (QED) is 0.614. The van der Waals surface area contributed by atoms with Crippen molar-refractivity contribution in [1.82, 2.24) is 0 Å². The molecule has 1 nitrogen and oxygen atoms in total. The molecule has 0 N–H and O–H groups in total. The van der Waals surface area contributed by atoms with Crippen LogP contribution in [0.1, 0.15) is 51.9 Å². The number of hydrogen-bond donors (Lipinski definition) is 0. The lowest BCUT2D eigenvalue weighted by atomic mass is 9.80. The molecule has 1 heteroatoms. The summed E-state index contributed by atoms with van der Waals surface area (Å²) in [4.78, 5) is 0. The Balaban J connectivity index is 2.09. The van der Waals surface area contributed by atoms with Gasteiger partial charge in [-0.2, -0.15) is 0 Å². The van der Waals surface area contributed by atoms with Crippen molar-refractivity contribution in [2.45, 2.75) is 51.9 Å². The van der Waals surface area contributed by atoms with E-state index < -0.39 is 0 Å². The van der Waals surface area contributed by atoms with Crippen LogP contribution in [0.2, 0.25) is 0 Å². The Labute approximate surface area is 76.2 Å². The third-order valence-corrected chi connectivity index (χ3v) is 3.17. The normalized spacial score (nSPS) is 30.5. The van der Waals surface area contributed by atoms with Gasteiger partial charge in [0.1, 0.15) is 0 Å². The van der Waals surface area contributed by atoms with E-state index >= 15 is 0 Å². The summed E-state index contributed by atoms with van der Waals surface area (Å²) in [5.41, 5.74) is 0. The first-order valence-electron chi connectivity index (χ1n) is 5.45. The molecule has 0 aliphatic heterocycles. The number of unbranched alkanes of at least 4 members (excludes halogenated alkanes) is 1. The molecule has 0 saturated heterocycles. The van der Waals surface area contributed by atoms with E-state index in [1.165, 1.54) is 44.9 Å². The molecular formula is C11H21O. The van der Waals surface area contributed by atoms with Gasteiger partial charge in [-0.15, -0.1) is 0 Å². The van der Waals surface area contributed by atoms with Crippen LogP contribution in [0.3, 0.4) is 0 Å². The highest BCUT2D eigenvalue weighted by Crippen LogP contribution is 2.31. The lowest BCUT2D eigenvalue weighted by molar-refractivity contribution is 0.108. The van der Waals surface area contributed by atoms with Crippen molar-refractivity contribution in [2.24, 2.45) is 11.8 Å². The zero-order valence-electron chi connectivity index (χ0n) is 8.22. The molecule has 1 radical (unpaired) electrons. The highest BCUT2D eigenvalue weighted by atomic mass is 16.3. The Morgan fingerprint density at radius 3 is 2.17 bits per heavy atom. The van der Waals surface area contributed by atoms with Gasteiger partial charge in [0.15, 0.2) is 0 Å². The monoisotopic (exact) mass is 169 g/mol.